The topological polar surface area (TPSA) is 0 Å². The lowest BCUT2D eigenvalue weighted by molar-refractivity contribution is 0.531. The fraction of sp³-hybridized carbons (Fsp3) is 0.688. The number of hydrogen-bond acceptors (Lipinski definition) is 0. The molecule has 186 valence electrons. The molecule has 1 aliphatic rings. The van der Waals surface area contributed by atoms with E-state index < -0.39 is 8.07 Å². The molecule has 1 aromatic rings. The first kappa shape index (κ1) is 28.2. The van der Waals surface area contributed by atoms with Crippen LogP contribution in [-0.4, -0.2) is 8.07 Å². The quantitative estimate of drug-likeness (QED) is 0.140. The summed E-state index contributed by atoms with van der Waals surface area (Å²) in [6.07, 6.45) is 28.0. The molecule has 0 N–H and O–H groups in total. The second-order valence-corrected chi connectivity index (χ2v) is 15.3. The van der Waals surface area contributed by atoms with Crippen LogP contribution in [0.25, 0.3) is 0 Å². The van der Waals surface area contributed by atoms with E-state index >= 15 is 0 Å². The second kappa shape index (κ2) is 16.5. The van der Waals surface area contributed by atoms with Gasteiger partial charge in [0.15, 0.2) is 0 Å². The number of rotatable bonds is 19. The number of benzene rings is 1. The van der Waals surface area contributed by atoms with Gasteiger partial charge >= 0.3 is 0 Å². The Morgan fingerprint density at radius 3 is 1.55 bits per heavy atom. The fourth-order valence-corrected chi connectivity index (χ4v) is 10.8. The van der Waals surface area contributed by atoms with Crippen LogP contribution in [0, 0.1) is 5.92 Å². The minimum Gasteiger partial charge on any atom is -0.0777 e. The summed E-state index contributed by atoms with van der Waals surface area (Å²) in [5.41, 5.74) is 1.55. The first-order chi connectivity index (χ1) is 16.1. The van der Waals surface area contributed by atoms with E-state index in [9.17, 15) is 0 Å². The largest absolute Gasteiger partial charge is 0.111 e. The van der Waals surface area contributed by atoms with Gasteiger partial charge in [-0.15, -0.1) is 0 Å². The van der Waals surface area contributed by atoms with Crippen molar-refractivity contribution in [2.75, 3.05) is 0 Å². The Morgan fingerprint density at radius 1 is 0.667 bits per heavy atom. The standard InChI is InChI=1S/C32H54Si/c1-5-6-7-8-9-10-11-12-13-14-15-16-17-18-19-23-28-33(4,31-24-21-20-22-25-31)32-29(2)26-27-30(32)3/h20-22,24-27,29H,5-19,23,28H2,1-4H3. The van der Waals surface area contributed by atoms with Gasteiger partial charge in [-0.25, -0.2) is 0 Å². The Labute approximate surface area is 208 Å². The van der Waals surface area contributed by atoms with Crippen molar-refractivity contribution >= 4 is 13.3 Å². The average molecular weight is 467 g/mol. The monoisotopic (exact) mass is 466 g/mol. The third kappa shape index (κ3) is 9.97. The van der Waals surface area contributed by atoms with Gasteiger partial charge in [-0.3, -0.25) is 0 Å². The van der Waals surface area contributed by atoms with Crippen LogP contribution in [0.2, 0.25) is 12.6 Å². The molecule has 33 heavy (non-hydrogen) atoms. The van der Waals surface area contributed by atoms with E-state index in [1.165, 1.54) is 109 Å². The van der Waals surface area contributed by atoms with E-state index in [4.69, 9.17) is 0 Å². The molecular weight excluding hydrogens is 412 g/mol. The molecule has 0 heterocycles. The molecule has 0 spiro atoms. The van der Waals surface area contributed by atoms with Gasteiger partial charge in [-0.2, -0.15) is 0 Å². The highest BCUT2D eigenvalue weighted by Crippen LogP contribution is 2.36. The van der Waals surface area contributed by atoms with Gasteiger partial charge in [-0.05, 0) is 18.9 Å². The molecule has 0 radical (unpaired) electrons. The van der Waals surface area contributed by atoms with Crippen LogP contribution in [-0.2, 0) is 0 Å². The minimum absolute atomic E-state index is 0.628. The Morgan fingerprint density at radius 2 is 1.12 bits per heavy atom. The van der Waals surface area contributed by atoms with Gasteiger partial charge in [0.2, 0.25) is 0 Å². The van der Waals surface area contributed by atoms with Crippen molar-refractivity contribution in [3.63, 3.8) is 0 Å². The lowest BCUT2D eigenvalue weighted by atomic mass is 10.0. The Kier molecular flexibility index (Phi) is 14.1. The minimum atomic E-state index is -1.61. The SMILES string of the molecule is CCCCCCCCCCCCCCCCCC[Si](C)(C1=C(C)C=CC1C)c1ccccc1. The summed E-state index contributed by atoms with van der Waals surface area (Å²) >= 11 is 0. The molecule has 0 amide bonds. The van der Waals surface area contributed by atoms with Gasteiger partial charge in [0.05, 0.1) is 0 Å². The average Bonchev–Trinajstić information content (AvgIpc) is 3.17. The van der Waals surface area contributed by atoms with E-state index in [-0.39, 0.29) is 0 Å². The molecule has 0 aliphatic heterocycles. The normalized spacial score (nSPS) is 17.6. The molecule has 1 heteroatoms. The Hall–Kier alpha value is -1.08. The van der Waals surface area contributed by atoms with Crippen molar-refractivity contribution in [3.05, 3.63) is 53.3 Å². The summed E-state index contributed by atoms with van der Waals surface area (Å²) in [7, 11) is -1.61. The predicted molar refractivity (Wildman–Crippen MR) is 153 cm³/mol. The van der Waals surface area contributed by atoms with E-state index in [0.717, 1.165) is 0 Å². The third-order valence-electron chi connectivity index (χ3n) is 8.05. The molecule has 0 aromatic heterocycles. The van der Waals surface area contributed by atoms with Crippen LogP contribution in [0.5, 0.6) is 0 Å². The van der Waals surface area contributed by atoms with Gasteiger partial charge in [0, 0.05) is 0 Å². The molecule has 2 atom stereocenters. The van der Waals surface area contributed by atoms with Crippen molar-refractivity contribution in [1.82, 2.24) is 0 Å². The maximum absolute atomic E-state index is 2.63. The van der Waals surface area contributed by atoms with Crippen LogP contribution >= 0.6 is 0 Å². The highest BCUT2D eigenvalue weighted by molar-refractivity contribution is 6.97. The summed E-state index contributed by atoms with van der Waals surface area (Å²) in [5.74, 6) is 0.628. The molecule has 0 bridgehead atoms. The molecule has 1 aliphatic carbocycles. The van der Waals surface area contributed by atoms with Crippen LogP contribution in [0.1, 0.15) is 124 Å². The van der Waals surface area contributed by atoms with E-state index in [1.54, 1.807) is 16.0 Å². The van der Waals surface area contributed by atoms with Crippen LogP contribution < -0.4 is 5.19 Å². The molecule has 0 saturated heterocycles. The summed E-state index contributed by atoms with van der Waals surface area (Å²) in [6.45, 7) is 9.69. The molecule has 2 rings (SSSR count). The van der Waals surface area contributed by atoms with Gasteiger partial charge in [0.25, 0.3) is 0 Å². The third-order valence-corrected chi connectivity index (χ3v) is 13.1. The van der Waals surface area contributed by atoms with Crippen LogP contribution in [0.15, 0.2) is 53.3 Å². The second-order valence-electron chi connectivity index (χ2n) is 11.0. The molecule has 1 aromatic carbocycles. The number of unbranched alkanes of at least 4 members (excludes halogenated alkanes) is 15. The summed E-state index contributed by atoms with van der Waals surface area (Å²) in [5, 5.41) is 3.42. The lowest BCUT2D eigenvalue weighted by Crippen LogP contribution is -2.48. The Balaban J connectivity index is 1.57. The zero-order chi connectivity index (χ0) is 23.8. The molecular formula is C32H54Si. The first-order valence-electron chi connectivity index (χ1n) is 14.5. The maximum Gasteiger partial charge on any atom is 0.111 e. The number of hydrogen-bond donors (Lipinski definition) is 0. The fourth-order valence-electron chi connectivity index (χ4n) is 6.04. The van der Waals surface area contributed by atoms with Crippen molar-refractivity contribution in [2.45, 2.75) is 136 Å². The highest BCUT2D eigenvalue weighted by Gasteiger charge is 2.37. The molecule has 0 fully saturated rings. The van der Waals surface area contributed by atoms with Crippen molar-refractivity contribution in [1.29, 1.82) is 0 Å². The van der Waals surface area contributed by atoms with Crippen LogP contribution in [0.3, 0.4) is 0 Å². The summed E-state index contributed by atoms with van der Waals surface area (Å²) in [6, 6.07) is 12.9. The van der Waals surface area contributed by atoms with Crippen molar-refractivity contribution < 1.29 is 0 Å². The molecule has 2 unspecified atom stereocenters. The lowest BCUT2D eigenvalue weighted by Gasteiger charge is -2.33. The zero-order valence-electron chi connectivity index (χ0n) is 22.6. The van der Waals surface area contributed by atoms with E-state index in [1.807, 2.05) is 0 Å². The summed E-state index contributed by atoms with van der Waals surface area (Å²) in [4.78, 5) is 0. The van der Waals surface area contributed by atoms with Crippen molar-refractivity contribution in [2.24, 2.45) is 5.92 Å². The Bertz CT molecular complexity index is 686. The first-order valence-corrected chi connectivity index (χ1v) is 17.2. The molecule has 0 nitrogen and oxygen atoms in total. The maximum atomic E-state index is 2.63. The van der Waals surface area contributed by atoms with Gasteiger partial charge in [0.1, 0.15) is 8.07 Å². The number of allylic oxidation sites excluding steroid dienone is 4. The van der Waals surface area contributed by atoms with Crippen molar-refractivity contribution in [3.8, 4) is 0 Å². The highest BCUT2D eigenvalue weighted by atomic mass is 28.3. The summed E-state index contributed by atoms with van der Waals surface area (Å²) < 4.78 is 0. The zero-order valence-corrected chi connectivity index (χ0v) is 23.6. The predicted octanol–water partition coefficient (Wildman–Crippen LogP) is 10.3. The van der Waals surface area contributed by atoms with E-state index in [0.29, 0.717) is 5.92 Å². The van der Waals surface area contributed by atoms with E-state index in [2.05, 4.69) is 69.8 Å². The van der Waals surface area contributed by atoms with Crippen LogP contribution in [0.4, 0.5) is 0 Å². The molecule has 0 saturated carbocycles. The van der Waals surface area contributed by atoms with Gasteiger partial charge in [-0.1, -0.05) is 182 Å². The van der Waals surface area contributed by atoms with Gasteiger partial charge < -0.3 is 0 Å². The smallest absolute Gasteiger partial charge is 0.0777 e.